The fraction of sp³-hybridized carbons (Fsp3) is 0.789. The Balaban J connectivity index is 4.02. The summed E-state index contributed by atoms with van der Waals surface area (Å²) in [4.78, 5) is 38.1. The number of unbranched alkanes of at least 4 members (excludes halogenated alkanes) is 39. The highest BCUT2D eigenvalue weighted by molar-refractivity contribution is 7.45. The van der Waals surface area contributed by atoms with Gasteiger partial charge < -0.3 is 27.9 Å². The second-order valence-electron chi connectivity index (χ2n) is 25.6. The molecule has 0 aromatic heterocycles. The molecule has 0 heterocycles. The molecule has 0 aliphatic rings. The number of hydrogen-bond acceptors (Lipinski definition) is 8. The first-order valence-electron chi connectivity index (χ1n) is 36.3. The summed E-state index contributed by atoms with van der Waals surface area (Å²) < 4.78 is 34.3. The van der Waals surface area contributed by atoms with Gasteiger partial charge in [-0.25, -0.2) is 0 Å². The average Bonchev–Trinajstić information content (AvgIpc) is 3.67. The van der Waals surface area contributed by atoms with Crippen LogP contribution in [0.2, 0.25) is 0 Å². The molecule has 0 aromatic carbocycles. The van der Waals surface area contributed by atoms with Gasteiger partial charge in [0.2, 0.25) is 0 Å². The van der Waals surface area contributed by atoms with Crippen molar-refractivity contribution in [2.24, 2.45) is 0 Å². The zero-order chi connectivity index (χ0) is 62.6. The highest BCUT2D eigenvalue weighted by atomic mass is 31.2. The Labute approximate surface area is 532 Å². The van der Waals surface area contributed by atoms with Gasteiger partial charge in [-0.05, 0) is 89.9 Å². The first-order valence-corrected chi connectivity index (χ1v) is 37.8. The lowest BCUT2D eigenvalue weighted by Gasteiger charge is -2.28. The van der Waals surface area contributed by atoms with Crippen molar-refractivity contribution in [3.8, 4) is 0 Å². The van der Waals surface area contributed by atoms with Gasteiger partial charge in [0.25, 0.3) is 7.82 Å². The molecule has 0 radical (unpaired) electrons. The summed E-state index contributed by atoms with van der Waals surface area (Å²) in [6.45, 7) is 4.16. The van der Waals surface area contributed by atoms with E-state index in [1.165, 1.54) is 218 Å². The second kappa shape index (κ2) is 66.6. The molecular weight excluding hydrogens is 1090 g/mol. The molecule has 0 bridgehead atoms. The van der Waals surface area contributed by atoms with Gasteiger partial charge in [0.15, 0.2) is 6.10 Å². The van der Waals surface area contributed by atoms with Crippen molar-refractivity contribution in [2.45, 2.75) is 341 Å². The second-order valence-corrected chi connectivity index (χ2v) is 27.0. The molecule has 0 rings (SSSR count). The number of rotatable bonds is 67. The lowest BCUT2D eigenvalue weighted by molar-refractivity contribution is -0.870. The van der Waals surface area contributed by atoms with E-state index >= 15 is 0 Å². The Bertz CT molecular complexity index is 1730. The molecule has 0 aromatic rings. The number of allylic oxidation sites excluding steroid dienone is 14. The predicted octanol–water partition coefficient (Wildman–Crippen LogP) is 23.1. The first kappa shape index (κ1) is 83.2. The fourth-order valence-electron chi connectivity index (χ4n) is 10.4. The monoisotopic (exact) mass is 1220 g/mol. The van der Waals surface area contributed by atoms with Crippen LogP contribution in [0.3, 0.4) is 0 Å². The average molecular weight is 1220 g/mol. The standard InChI is InChI=1S/C76H138NO8P/c1-6-8-10-12-14-16-18-20-22-24-26-28-30-32-34-36-37-38-39-41-42-44-46-48-50-52-54-56-58-60-62-64-66-68-75(78)82-72-74(73-84-86(80,81)83-71-70-77(3,4)5)85-76(79)69-67-65-63-61-59-57-55-53-51-49-47-45-43-40-35-33-31-29-27-25-23-21-19-17-15-13-11-9-7-2/h9,11,15,17,21,23-24,26-27,29,33,35,43,45,74H,6-8,10,12-14,16,18-20,22,25,28,30-32,34,36-42,44,46-73H2,1-5H3/b11-9-,17-15-,23-21-,26-24-,29-27-,35-33-,45-43-. The highest BCUT2D eigenvalue weighted by Crippen LogP contribution is 2.38. The van der Waals surface area contributed by atoms with Crippen molar-refractivity contribution < 1.29 is 42.1 Å². The van der Waals surface area contributed by atoms with Crippen molar-refractivity contribution in [1.29, 1.82) is 0 Å². The molecule has 0 saturated heterocycles. The third kappa shape index (κ3) is 70.3. The fourth-order valence-corrected chi connectivity index (χ4v) is 11.1. The SMILES string of the molecule is CC/C=C\C/C=C\C/C=C\C/C=C\C/C=C\C/C=C\CCCCCCCCCCCCC(=O)OC(COC(=O)CCCCCCCCCCCCCCCCCCCCCCC/C=C\CCCCCCCCCC)COP(=O)([O-])OCC[N+](C)(C)C. The molecule has 0 N–H and O–H groups in total. The quantitative estimate of drug-likeness (QED) is 0.0195. The summed E-state index contributed by atoms with van der Waals surface area (Å²) in [6, 6.07) is 0. The Morgan fingerprint density at radius 1 is 0.372 bits per heavy atom. The zero-order valence-electron chi connectivity index (χ0n) is 57.0. The van der Waals surface area contributed by atoms with Crippen LogP contribution in [0.5, 0.6) is 0 Å². The van der Waals surface area contributed by atoms with Gasteiger partial charge in [-0.2, -0.15) is 0 Å². The minimum atomic E-state index is -4.65. The number of likely N-dealkylation sites (N-methyl/N-ethyl adjacent to an activating group) is 1. The normalized spacial score (nSPS) is 13.6. The molecule has 9 nitrogen and oxygen atoms in total. The topological polar surface area (TPSA) is 111 Å². The molecular formula is C76H138NO8P. The van der Waals surface area contributed by atoms with Gasteiger partial charge >= 0.3 is 11.9 Å². The lowest BCUT2D eigenvalue weighted by Crippen LogP contribution is -2.37. The Morgan fingerprint density at radius 3 is 1.00 bits per heavy atom. The molecule has 0 aliphatic carbocycles. The van der Waals surface area contributed by atoms with E-state index in [-0.39, 0.29) is 32.0 Å². The lowest BCUT2D eigenvalue weighted by atomic mass is 10.0. The molecule has 0 fully saturated rings. The van der Waals surface area contributed by atoms with Gasteiger partial charge in [-0.15, -0.1) is 0 Å². The molecule has 0 spiro atoms. The van der Waals surface area contributed by atoms with Gasteiger partial charge in [0.1, 0.15) is 19.8 Å². The van der Waals surface area contributed by atoms with Crippen LogP contribution in [-0.2, 0) is 32.7 Å². The van der Waals surface area contributed by atoms with Crippen LogP contribution >= 0.6 is 7.82 Å². The maximum atomic E-state index is 12.9. The molecule has 10 heteroatoms. The number of phosphoric ester groups is 1. The number of esters is 2. The largest absolute Gasteiger partial charge is 0.756 e. The molecule has 500 valence electrons. The Kier molecular flexibility index (Phi) is 64.4. The van der Waals surface area contributed by atoms with Crippen molar-refractivity contribution >= 4 is 19.8 Å². The maximum Gasteiger partial charge on any atom is 0.306 e. The van der Waals surface area contributed by atoms with Crippen molar-refractivity contribution in [1.82, 2.24) is 0 Å². The Hall–Kier alpha value is -2.81. The number of ether oxygens (including phenoxy) is 2. The van der Waals surface area contributed by atoms with Crippen molar-refractivity contribution in [2.75, 3.05) is 47.5 Å². The van der Waals surface area contributed by atoms with Crippen LogP contribution in [-0.4, -0.2) is 70.0 Å². The van der Waals surface area contributed by atoms with Gasteiger partial charge in [-0.1, -0.05) is 317 Å². The summed E-state index contributed by atoms with van der Waals surface area (Å²) in [7, 11) is 1.17. The molecule has 0 amide bonds. The molecule has 0 aliphatic heterocycles. The molecule has 2 atom stereocenters. The van der Waals surface area contributed by atoms with Gasteiger partial charge in [-0.3, -0.25) is 14.2 Å². The van der Waals surface area contributed by atoms with E-state index in [9.17, 15) is 19.0 Å². The number of carbonyl (C=O) groups excluding carboxylic acids is 2. The van der Waals surface area contributed by atoms with Crippen LogP contribution in [0.15, 0.2) is 85.1 Å². The number of carbonyl (C=O) groups is 2. The van der Waals surface area contributed by atoms with E-state index in [2.05, 4.69) is 98.9 Å². The molecule has 86 heavy (non-hydrogen) atoms. The highest BCUT2D eigenvalue weighted by Gasteiger charge is 2.22. The minimum Gasteiger partial charge on any atom is -0.756 e. The van der Waals surface area contributed by atoms with Crippen LogP contribution in [0.25, 0.3) is 0 Å². The number of phosphoric acid groups is 1. The van der Waals surface area contributed by atoms with Crippen LogP contribution in [0, 0.1) is 0 Å². The van der Waals surface area contributed by atoms with Crippen LogP contribution in [0.1, 0.15) is 335 Å². The summed E-state index contributed by atoms with van der Waals surface area (Å²) in [6.07, 6.45) is 91.0. The summed E-state index contributed by atoms with van der Waals surface area (Å²) in [5.74, 6) is -0.828. The Morgan fingerprint density at radius 2 is 0.663 bits per heavy atom. The number of hydrogen-bond donors (Lipinski definition) is 0. The van der Waals surface area contributed by atoms with Gasteiger partial charge in [0, 0.05) is 12.8 Å². The van der Waals surface area contributed by atoms with Crippen molar-refractivity contribution in [3.63, 3.8) is 0 Å². The third-order valence-electron chi connectivity index (χ3n) is 15.9. The molecule has 0 saturated carbocycles. The van der Waals surface area contributed by atoms with Gasteiger partial charge in [0.05, 0.1) is 27.7 Å². The van der Waals surface area contributed by atoms with E-state index < -0.39 is 26.5 Å². The van der Waals surface area contributed by atoms with Crippen LogP contribution in [0.4, 0.5) is 0 Å². The number of quaternary nitrogens is 1. The summed E-state index contributed by atoms with van der Waals surface area (Å²) >= 11 is 0. The van der Waals surface area contributed by atoms with E-state index in [0.29, 0.717) is 17.4 Å². The van der Waals surface area contributed by atoms with Crippen molar-refractivity contribution in [3.05, 3.63) is 85.1 Å². The first-order chi connectivity index (χ1) is 42.0. The third-order valence-corrected chi connectivity index (χ3v) is 16.9. The molecule has 2 unspecified atom stereocenters. The maximum absolute atomic E-state index is 12.9. The minimum absolute atomic E-state index is 0.0334. The van der Waals surface area contributed by atoms with E-state index in [4.69, 9.17) is 18.5 Å². The summed E-state index contributed by atoms with van der Waals surface area (Å²) in [5.41, 5.74) is 0. The smallest absolute Gasteiger partial charge is 0.306 e. The van der Waals surface area contributed by atoms with Crippen LogP contribution < -0.4 is 4.89 Å². The zero-order valence-corrected chi connectivity index (χ0v) is 57.9. The van der Waals surface area contributed by atoms with E-state index in [1.807, 2.05) is 21.1 Å². The summed E-state index contributed by atoms with van der Waals surface area (Å²) in [5, 5.41) is 0. The number of nitrogens with zero attached hydrogens (tertiary/aromatic N) is 1. The predicted molar refractivity (Wildman–Crippen MR) is 369 cm³/mol. The van der Waals surface area contributed by atoms with E-state index in [0.717, 1.165) is 83.5 Å². The van der Waals surface area contributed by atoms with E-state index in [1.54, 1.807) is 0 Å².